The molecule has 3 rings (SSSR count). The molecule has 0 bridgehead atoms. The van der Waals surface area contributed by atoms with Gasteiger partial charge < -0.3 is 10.1 Å². The van der Waals surface area contributed by atoms with E-state index in [0.29, 0.717) is 18.4 Å². The third-order valence-corrected chi connectivity index (χ3v) is 4.01. The van der Waals surface area contributed by atoms with Crippen LogP contribution in [-0.4, -0.2) is 28.1 Å². The van der Waals surface area contributed by atoms with Gasteiger partial charge in [0.05, 0.1) is 12.1 Å². The van der Waals surface area contributed by atoms with Gasteiger partial charge in [0.2, 0.25) is 5.88 Å². The molecule has 0 aliphatic heterocycles. The second kappa shape index (κ2) is 7.92. The minimum absolute atomic E-state index is 0.586. The highest BCUT2D eigenvalue weighted by Gasteiger charge is 2.10. The lowest BCUT2D eigenvalue weighted by Gasteiger charge is -2.12. The maximum absolute atomic E-state index is 5.67. The van der Waals surface area contributed by atoms with E-state index in [1.165, 1.54) is 0 Å². The molecule has 0 saturated carbocycles. The van der Waals surface area contributed by atoms with Gasteiger partial charge in [-0.1, -0.05) is 19.9 Å². The van der Waals surface area contributed by atoms with E-state index < -0.39 is 0 Å². The average Bonchev–Trinajstić information content (AvgIpc) is 2.62. The molecule has 1 aromatic carbocycles. The first kappa shape index (κ1) is 17.1. The predicted octanol–water partition coefficient (Wildman–Crippen LogP) is 4.55. The molecule has 130 valence electrons. The van der Waals surface area contributed by atoms with E-state index in [2.05, 4.69) is 40.2 Å². The zero-order chi connectivity index (χ0) is 17.6. The Labute approximate surface area is 148 Å². The standard InChI is InChI=1S/C20H24N4O/c1-4-25-20-16(6-5-10-22-20)15-7-8-18-17(12-15)19(24-13-23-18)21-11-9-14(2)3/h5-8,10,12-14H,4,9,11H2,1-3H3,(H,21,23,24). The predicted molar refractivity (Wildman–Crippen MR) is 102 cm³/mol. The van der Waals surface area contributed by atoms with Crippen molar-refractivity contribution in [3.63, 3.8) is 0 Å². The van der Waals surface area contributed by atoms with Gasteiger partial charge in [0.1, 0.15) is 12.1 Å². The van der Waals surface area contributed by atoms with Crippen molar-refractivity contribution in [2.24, 2.45) is 5.92 Å². The molecule has 0 amide bonds. The average molecular weight is 336 g/mol. The van der Waals surface area contributed by atoms with Crippen molar-refractivity contribution in [1.82, 2.24) is 15.0 Å². The molecule has 0 aliphatic carbocycles. The van der Waals surface area contributed by atoms with Gasteiger partial charge in [-0.05, 0) is 49.1 Å². The number of rotatable bonds is 7. The highest BCUT2D eigenvalue weighted by Crippen LogP contribution is 2.31. The third-order valence-electron chi connectivity index (χ3n) is 4.01. The maximum atomic E-state index is 5.67. The molecule has 0 fully saturated rings. The topological polar surface area (TPSA) is 59.9 Å². The summed E-state index contributed by atoms with van der Waals surface area (Å²) in [5, 5.41) is 4.45. The fourth-order valence-corrected chi connectivity index (χ4v) is 2.71. The largest absolute Gasteiger partial charge is 0.478 e. The van der Waals surface area contributed by atoms with Crippen LogP contribution in [0.1, 0.15) is 27.2 Å². The Morgan fingerprint density at radius 2 is 2.00 bits per heavy atom. The minimum atomic E-state index is 0.586. The number of hydrogen-bond acceptors (Lipinski definition) is 5. The SMILES string of the molecule is CCOc1ncccc1-c1ccc2ncnc(NCCC(C)C)c2c1. The van der Waals surface area contributed by atoms with Gasteiger partial charge in [0.25, 0.3) is 0 Å². The Bertz CT molecular complexity index is 848. The van der Waals surface area contributed by atoms with E-state index in [1.807, 2.05) is 31.2 Å². The van der Waals surface area contributed by atoms with Gasteiger partial charge in [-0.2, -0.15) is 0 Å². The van der Waals surface area contributed by atoms with Crippen molar-refractivity contribution in [3.05, 3.63) is 42.9 Å². The molecule has 2 aromatic heterocycles. The number of aromatic nitrogens is 3. The van der Waals surface area contributed by atoms with Gasteiger partial charge in [0, 0.05) is 23.7 Å². The fourth-order valence-electron chi connectivity index (χ4n) is 2.71. The molecule has 0 spiro atoms. The van der Waals surface area contributed by atoms with Gasteiger partial charge in [-0.25, -0.2) is 15.0 Å². The normalized spacial score (nSPS) is 11.0. The van der Waals surface area contributed by atoms with E-state index >= 15 is 0 Å². The lowest BCUT2D eigenvalue weighted by molar-refractivity contribution is 0.328. The molecular weight excluding hydrogens is 312 g/mol. The molecule has 0 saturated heterocycles. The second-order valence-corrected chi connectivity index (χ2v) is 6.35. The molecule has 1 N–H and O–H groups in total. The number of ether oxygens (including phenoxy) is 1. The van der Waals surface area contributed by atoms with Gasteiger partial charge in [-0.15, -0.1) is 0 Å². The summed E-state index contributed by atoms with van der Waals surface area (Å²) in [5.41, 5.74) is 2.95. The quantitative estimate of drug-likeness (QED) is 0.686. The summed E-state index contributed by atoms with van der Waals surface area (Å²) in [6.45, 7) is 7.88. The maximum Gasteiger partial charge on any atom is 0.221 e. The molecule has 0 unspecified atom stereocenters. The van der Waals surface area contributed by atoms with Crippen LogP contribution in [0.15, 0.2) is 42.9 Å². The summed E-state index contributed by atoms with van der Waals surface area (Å²) in [5.74, 6) is 2.17. The smallest absolute Gasteiger partial charge is 0.221 e. The molecule has 5 heteroatoms. The van der Waals surface area contributed by atoms with Crippen LogP contribution in [0, 0.1) is 5.92 Å². The summed E-state index contributed by atoms with van der Waals surface area (Å²) < 4.78 is 5.67. The van der Waals surface area contributed by atoms with Gasteiger partial charge in [0.15, 0.2) is 0 Å². The van der Waals surface area contributed by atoms with Crippen LogP contribution < -0.4 is 10.1 Å². The van der Waals surface area contributed by atoms with Crippen LogP contribution in [-0.2, 0) is 0 Å². The van der Waals surface area contributed by atoms with Crippen molar-refractivity contribution in [3.8, 4) is 17.0 Å². The molecule has 0 radical (unpaired) electrons. The first-order valence-corrected chi connectivity index (χ1v) is 8.76. The summed E-state index contributed by atoms with van der Waals surface area (Å²) in [6.07, 6.45) is 4.45. The summed E-state index contributed by atoms with van der Waals surface area (Å²) in [4.78, 5) is 13.2. The van der Waals surface area contributed by atoms with Crippen LogP contribution in [0.4, 0.5) is 5.82 Å². The summed E-state index contributed by atoms with van der Waals surface area (Å²) in [6, 6.07) is 10.1. The Hall–Kier alpha value is -2.69. The molecule has 25 heavy (non-hydrogen) atoms. The molecule has 3 aromatic rings. The third kappa shape index (κ3) is 4.05. The Balaban J connectivity index is 1.99. The number of anilines is 1. The number of benzene rings is 1. The summed E-state index contributed by atoms with van der Waals surface area (Å²) >= 11 is 0. The first-order valence-electron chi connectivity index (χ1n) is 8.76. The van der Waals surface area contributed by atoms with E-state index in [1.54, 1.807) is 12.5 Å². The number of nitrogens with one attached hydrogen (secondary N) is 1. The monoisotopic (exact) mass is 336 g/mol. The highest BCUT2D eigenvalue weighted by molar-refractivity contribution is 5.92. The minimum Gasteiger partial charge on any atom is -0.478 e. The highest BCUT2D eigenvalue weighted by atomic mass is 16.5. The zero-order valence-corrected chi connectivity index (χ0v) is 15.0. The lowest BCUT2D eigenvalue weighted by Crippen LogP contribution is -2.07. The fraction of sp³-hybridized carbons (Fsp3) is 0.350. The van der Waals surface area contributed by atoms with E-state index in [9.17, 15) is 0 Å². The van der Waals surface area contributed by atoms with E-state index in [0.717, 1.165) is 40.8 Å². The molecule has 0 aliphatic rings. The molecule has 5 nitrogen and oxygen atoms in total. The summed E-state index contributed by atoms with van der Waals surface area (Å²) in [7, 11) is 0. The second-order valence-electron chi connectivity index (χ2n) is 6.35. The number of pyridine rings is 1. The van der Waals surface area contributed by atoms with Crippen LogP contribution in [0.3, 0.4) is 0 Å². The van der Waals surface area contributed by atoms with Crippen molar-refractivity contribution >= 4 is 16.7 Å². The Morgan fingerprint density at radius 1 is 1.12 bits per heavy atom. The van der Waals surface area contributed by atoms with Crippen LogP contribution in [0.5, 0.6) is 5.88 Å². The van der Waals surface area contributed by atoms with Crippen LogP contribution in [0.25, 0.3) is 22.0 Å². The van der Waals surface area contributed by atoms with Gasteiger partial charge in [-0.3, -0.25) is 0 Å². The molecule has 2 heterocycles. The van der Waals surface area contributed by atoms with E-state index in [4.69, 9.17) is 4.74 Å². The number of nitrogens with zero attached hydrogens (tertiary/aromatic N) is 3. The molecular formula is C20H24N4O. The lowest BCUT2D eigenvalue weighted by atomic mass is 10.0. The van der Waals surface area contributed by atoms with Crippen LogP contribution in [0.2, 0.25) is 0 Å². The van der Waals surface area contributed by atoms with Gasteiger partial charge >= 0.3 is 0 Å². The first-order chi connectivity index (χ1) is 12.2. The van der Waals surface area contributed by atoms with Crippen molar-refractivity contribution < 1.29 is 4.74 Å². The number of fused-ring (bicyclic) bond motifs is 1. The van der Waals surface area contributed by atoms with Crippen molar-refractivity contribution in [1.29, 1.82) is 0 Å². The van der Waals surface area contributed by atoms with Crippen molar-refractivity contribution in [2.45, 2.75) is 27.2 Å². The zero-order valence-electron chi connectivity index (χ0n) is 15.0. The van der Waals surface area contributed by atoms with E-state index in [-0.39, 0.29) is 0 Å². The Morgan fingerprint density at radius 3 is 2.80 bits per heavy atom. The number of hydrogen-bond donors (Lipinski definition) is 1. The Kier molecular flexibility index (Phi) is 5.43. The van der Waals surface area contributed by atoms with Crippen molar-refractivity contribution in [2.75, 3.05) is 18.5 Å². The molecule has 0 atom stereocenters. The van der Waals surface area contributed by atoms with Crippen LogP contribution >= 0.6 is 0 Å².